The number of nitrogens with two attached hydrogens (primary N) is 1. The quantitative estimate of drug-likeness (QED) is 0.733. The van der Waals surface area contributed by atoms with Gasteiger partial charge in [0.15, 0.2) is 0 Å². The van der Waals surface area contributed by atoms with Gasteiger partial charge in [0, 0.05) is 0 Å². The number of halogens is 1. The topological polar surface area (TPSA) is 98.7 Å². The SMILES string of the molecule is Nc1ncn(CC(=O)Nc2ccc(F)nc2)n1. The Labute approximate surface area is 95.5 Å². The number of nitrogens with zero attached hydrogens (tertiary/aromatic N) is 4. The maximum absolute atomic E-state index is 12.5. The number of aromatic nitrogens is 4. The molecular formula is C9H9FN6O. The number of carbonyl (C=O) groups is 1. The van der Waals surface area contributed by atoms with Gasteiger partial charge in [-0.15, -0.1) is 5.10 Å². The van der Waals surface area contributed by atoms with Gasteiger partial charge in [0.1, 0.15) is 12.9 Å². The molecule has 1 amide bonds. The van der Waals surface area contributed by atoms with Gasteiger partial charge in [0.25, 0.3) is 0 Å². The molecule has 88 valence electrons. The maximum Gasteiger partial charge on any atom is 0.246 e. The van der Waals surface area contributed by atoms with Crippen LogP contribution in [0.2, 0.25) is 0 Å². The van der Waals surface area contributed by atoms with Crippen molar-refractivity contribution in [1.29, 1.82) is 0 Å². The molecule has 0 saturated carbocycles. The van der Waals surface area contributed by atoms with E-state index in [0.29, 0.717) is 5.69 Å². The molecule has 2 aromatic rings. The highest BCUT2D eigenvalue weighted by Crippen LogP contribution is 2.05. The van der Waals surface area contributed by atoms with Gasteiger partial charge < -0.3 is 11.1 Å². The van der Waals surface area contributed by atoms with Crippen LogP contribution in [0.3, 0.4) is 0 Å². The Morgan fingerprint density at radius 1 is 1.47 bits per heavy atom. The van der Waals surface area contributed by atoms with Gasteiger partial charge >= 0.3 is 0 Å². The molecule has 3 N–H and O–H groups in total. The van der Waals surface area contributed by atoms with Gasteiger partial charge in [-0.1, -0.05) is 0 Å². The number of nitrogens with one attached hydrogen (secondary N) is 1. The number of hydrogen-bond acceptors (Lipinski definition) is 5. The number of nitrogen functional groups attached to an aromatic ring is 1. The monoisotopic (exact) mass is 236 g/mol. The van der Waals surface area contributed by atoms with E-state index in [4.69, 9.17) is 5.73 Å². The Morgan fingerprint density at radius 3 is 2.88 bits per heavy atom. The van der Waals surface area contributed by atoms with E-state index in [9.17, 15) is 9.18 Å². The lowest BCUT2D eigenvalue weighted by Crippen LogP contribution is -2.19. The molecule has 0 saturated heterocycles. The van der Waals surface area contributed by atoms with Crippen LogP contribution in [0.1, 0.15) is 0 Å². The number of amides is 1. The Morgan fingerprint density at radius 2 is 2.29 bits per heavy atom. The van der Waals surface area contributed by atoms with Crippen LogP contribution in [0, 0.1) is 5.95 Å². The average Bonchev–Trinajstić information content (AvgIpc) is 2.67. The zero-order valence-electron chi connectivity index (χ0n) is 8.67. The number of rotatable bonds is 3. The van der Waals surface area contributed by atoms with Crippen LogP contribution in [-0.4, -0.2) is 25.7 Å². The first-order valence-corrected chi connectivity index (χ1v) is 4.70. The molecule has 0 atom stereocenters. The van der Waals surface area contributed by atoms with Crippen LogP contribution in [0.25, 0.3) is 0 Å². The lowest BCUT2D eigenvalue weighted by atomic mass is 10.4. The molecule has 8 heteroatoms. The van der Waals surface area contributed by atoms with E-state index in [1.807, 2.05) is 0 Å². The Bertz CT molecular complexity index is 523. The highest BCUT2D eigenvalue weighted by Gasteiger charge is 2.05. The Kier molecular flexibility index (Phi) is 2.95. The molecule has 0 radical (unpaired) electrons. The highest BCUT2D eigenvalue weighted by atomic mass is 19.1. The van der Waals surface area contributed by atoms with Crippen molar-refractivity contribution in [2.24, 2.45) is 0 Å². The third-order valence-electron chi connectivity index (χ3n) is 1.87. The summed E-state index contributed by atoms with van der Waals surface area (Å²) in [6.07, 6.45) is 2.57. The molecule has 0 fully saturated rings. The van der Waals surface area contributed by atoms with Crippen molar-refractivity contribution in [1.82, 2.24) is 19.7 Å². The first-order valence-electron chi connectivity index (χ1n) is 4.70. The van der Waals surface area contributed by atoms with E-state index in [0.717, 1.165) is 6.07 Å². The minimum Gasteiger partial charge on any atom is -0.367 e. The minimum absolute atomic E-state index is 0.0262. The van der Waals surface area contributed by atoms with Crippen LogP contribution in [-0.2, 0) is 11.3 Å². The van der Waals surface area contributed by atoms with E-state index >= 15 is 0 Å². The maximum atomic E-state index is 12.5. The summed E-state index contributed by atoms with van der Waals surface area (Å²) in [5.74, 6) is -0.836. The van der Waals surface area contributed by atoms with Crippen molar-refractivity contribution in [3.63, 3.8) is 0 Å². The van der Waals surface area contributed by atoms with E-state index < -0.39 is 5.95 Å². The standard InChI is InChI=1S/C9H9FN6O/c10-7-2-1-6(3-12-7)14-8(17)4-16-5-13-9(11)15-16/h1-3,5H,4H2,(H2,11,15)(H,14,17). The number of carbonyl (C=O) groups excluding carboxylic acids is 1. The predicted molar refractivity (Wildman–Crippen MR) is 57.3 cm³/mol. The Hall–Kier alpha value is -2.51. The summed E-state index contributed by atoms with van der Waals surface area (Å²) in [5.41, 5.74) is 5.70. The Balaban J connectivity index is 1.95. The van der Waals surface area contributed by atoms with Gasteiger partial charge in [-0.2, -0.15) is 4.39 Å². The summed E-state index contributed by atoms with van der Waals surface area (Å²) in [5, 5.41) is 6.28. The molecule has 2 aromatic heterocycles. The van der Waals surface area contributed by atoms with Crippen molar-refractivity contribution in [3.05, 3.63) is 30.6 Å². The van der Waals surface area contributed by atoms with E-state index in [1.54, 1.807) is 0 Å². The third-order valence-corrected chi connectivity index (χ3v) is 1.87. The van der Waals surface area contributed by atoms with Crippen molar-refractivity contribution in [2.45, 2.75) is 6.54 Å². The molecule has 0 aliphatic heterocycles. The van der Waals surface area contributed by atoms with E-state index in [1.165, 1.54) is 23.3 Å². The molecule has 0 spiro atoms. The van der Waals surface area contributed by atoms with Crippen molar-refractivity contribution < 1.29 is 9.18 Å². The van der Waals surface area contributed by atoms with Crippen molar-refractivity contribution >= 4 is 17.5 Å². The molecule has 2 heterocycles. The highest BCUT2D eigenvalue weighted by molar-refractivity contribution is 5.90. The molecule has 0 bridgehead atoms. The predicted octanol–water partition coefficient (Wildman–Crippen LogP) is 0.0331. The summed E-state index contributed by atoms with van der Waals surface area (Å²) >= 11 is 0. The van der Waals surface area contributed by atoms with Crippen LogP contribution >= 0.6 is 0 Å². The zero-order chi connectivity index (χ0) is 12.3. The lowest BCUT2D eigenvalue weighted by molar-refractivity contribution is -0.116. The summed E-state index contributed by atoms with van der Waals surface area (Å²) in [6, 6.07) is 2.57. The summed E-state index contributed by atoms with van der Waals surface area (Å²) in [7, 11) is 0. The fourth-order valence-electron chi connectivity index (χ4n) is 1.18. The molecule has 2 rings (SSSR count). The molecular weight excluding hydrogens is 227 g/mol. The molecule has 0 aliphatic rings. The zero-order valence-corrected chi connectivity index (χ0v) is 8.67. The number of anilines is 2. The van der Waals surface area contributed by atoms with Gasteiger partial charge in [-0.3, -0.25) is 4.79 Å². The van der Waals surface area contributed by atoms with Gasteiger partial charge in [0.2, 0.25) is 17.8 Å². The summed E-state index contributed by atoms with van der Waals surface area (Å²) < 4.78 is 13.8. The largest absolute Gasteiger partial charge is 0.367 e. The first-order chi connectivity index (χ1) is 8.13. The van der Waals surface area contributed by atoms with E-state index in [2.05, 4.69) is 20.4 Å². The second-order valence-electron chi connectivity index (χ2n) is 3.22. The average molecular weight is 236 g/mol. The van der Waals surface area contributed by atoms with Crippen LogP contribution < -0.4 is 11.1 Å². The van der Waals surface area contributed by atoms with Gasteiger partial charge in [0.05, 0.1) is 11.9 Å². The van der Waals surface area contributed by atoms with E-state index in [-0.39, 0.29) is 18.4 Å². The lowest BCUT2D eigenvalue weighted by Gasteiger charge is -2.03. The smallest absolute Gasteiger partial charge is 0.246 e. The molecule has 17 heavy (non-hydrogen) atoms. The fraction of sp³-hybridized carbons (Fsp3) is 0.111. The number of hydrogen-bond donors (Lipinski definition) is 2. The second-order valence-corrected chi connectivity index (χ2v) is 3.22. The normalized spacial score (nSPS) is 10.2. The minimum atomic E-state index is -0.605. The molecule has 0 aromatic carbocycles. The molecule has 0 aliphatic carbocycles. The van der Waals surface area contributed by atoms with Crippen molar-refractivity contribution in [3.8, 4) is 0 Å². The van der Waals surface area contributed by atoms with Crippen LogP contribution in [0.5, 0.6) is 0 Å². The van der Waals surface area contributed by atoms with Crippen molar-refractivity contribution in [2.75, 3.05) is 11.1 Å². The third kappa shape index (κ3) is 2.97. The van der Waals surface area contributed by atoms with Crippen LogP contribution in [0.15, 0.2) is 24.7 Å². The van der Waals surface area contributed by atoms with Gasteiger partial charge in [-0.25, -0.2) is 14.6 Å². The van der Waals surface area contributed by atoms with Gasteiger partial charge in [-0.05, 0) is 12.1 Å². The first kappa shape index (κ1) is 11.0. The number of pyridine rings is 1. The molecule has 7 nitrogen and oxygen atoms in total. The summed E-state index contributed by atoms with van der Waals surface area (Å²) in [6.45, 7) is -0.0262. The van der Waals surface area contributed by atoms with Crippen LogP contribution in [0.4, 0.5) is 16.0 Å². The molecule has 0 unspecified atom stereocenters. The fourth-order valence-corrected chi connectivity index (χ4v) is 1.18. The second kappa shape index (κ2) is 4.56. The summed E-state index contributed by atoms with van der Waals surface area (Å²) in [4.78, 5) is 18.6.